The van der Waals surface area contributed by atoms with Crippen LogP contribution in [0.4, 0.5) is 0 Å². The number of hydrogen-bond acceptors (Lipinski definition) is 2. The summed E-state index contributed by atoms with van der Waals surface area (Å²) in [4.78, 5) is 22.9. The van der Waals surface area contributed by atoms with Crippen LogP contribution in [-0.4, -0.2) is 23.0 Å². The lowest BCUT2D eigenvalue weighted by atomic mass is 10.1. The topological polar surface area (TPSA) is 66.4 Å². The predicted octanol–water partition coefficient (Wildman–Crippen LogP) is 2.27. The van der Waals surface area contributed by atoms with Gasteiger partial charge in [-0.15, -0.1) is 0 Å². The van der Waals surface area contributed by atoms with Gasteiger partial charge < -0.3 is 10.4 Å². The van der Waals surface area contributed by atoms with Crippen molar-refractivity contribution in [2.24, 2.45) is 5.92 Å². The number of hydrogen-bond donors (Lipinski definition) is 2. The van der Waals surface area contributed by atoms with Crippen LogP contribution in [0.3, 0.4) is 0 Å². The van der Waals surface area contributed by atoms with E-state index in [1.54, 1.807) is 6.07 Å². The molecule has 0 saturated heterocycles. The minimum absolute atomic E-state index is 0.0189. The molecule has 1 saturated carbocycles. The zero-order chi connectivity index (χ0) is 13.1. The van der Waals surface area contributed by atoms with Gasteiger partial charge in [-0.2, -0.15) is 0 Å². The highest BCUT2D eigenvalue weighted by atomic mass is 127. The Balaban J connectivity index is 1.97. The number of carboxylic acids is 1. The maximum Gasteiger partial charge on any atom is 0.306 e. The minimum Gasteiger partial charge on any atom is -0.481 e. The van der Waals surface area contributed by atoms with Crippen molar-refractivity contribution in [1.29, 1.82) is 0 Å². The van der Waals surface area contributed by atoms with Gasteiger partial charge in [0.1, 0.15) is 0 Å². The van der Waals surface area contributed by atoms with Gasteiger partial charge in [0.05, 0.1) is 11.5 Å². The Morgan fingerprint density at radius 3 is 2.61 bits per heavy atom. The van der Waals surface area contributed by atoms with Crippen molar-refractivity contribution in [1.82, 2.24) is 5.32 Å². The van der Waals surface area contributed by atoms with E-state index in [2.05, 4.69) is 27.9 Å². The molecule has 1 amide bonds. The van der Waals surface area contributed by atoms with E-state index >= 15 is 0 Å². The number of nitrogens with one attached hydrogen (secondary N) is 1. The van der Waals surface area contributed by atoms with Crippen molar-refractivity contribution in [3.8, 4) is 0 Å². The largest absolute Gasteiger partial charge is 0.481 e. The van der Waals surface area contributed by atoms with Crippen molar-refractivity contribution >= 4 is 34.5 Å². The summed E-state index contributed by atoms with van der Waals surface area (Å²) in [5.74, 6) is -1.19. The number of rotatable bonds is 3. The summed E-state index contributed by atoms with van der Waals surface area (Å²) in [7, 11) is 0. The third-order valence-corrected chi connectivity index (χ3v) is 4.18. The van der Waals surface area contributed by atoms with E-state index in [0.29, 0.717) is 18.4 Å². The molecule has 4 nitrogen and oxygen atoms in total. The molecule has 0 spiro atoms. The van der Waals surface area contributed by atoms with Crippen molar-refractivity contribution in [2.45, 2.75) is 25.3 Å². The average molecular weight is 359 g/mol. The second-order valence-electron chi connectivity index (χ2n) is 4.50. The predicted molar refractivity (Wildman–Crippen MR) is 75.4 cm³/mol. The molecule has 1 fully saturated rings. The standard InChI is InChI=1S/C13H14INO3/c14-11-4-2-1-3-10(11)12(16)15-9-6-5-8(7-9)13(17)18/h1-4,8-9H,5-7H2,(H,15,16)(H,17,18)/t8-,9+/m0/s1. The molecule has 96 valence electrons. The highest BCUT2D eigenvalue weighted by Crippen LogP contribution is 2.26. The van der Waals surface area contributed by atoms with E-state index in [1.165, 1.54) is 0 Å². The van der Waals surface area contributed by atoms with Crippen LogP contribution in [0.1, 0.15) is 29.6 Å². The van der Waals surface area contributed by atoms with E-state index in [1.807, 2.05) is 18.2 Å². The first kappa shape index (κ1) is 13.3. The van der Waals surface area contributed by atoms with E-state index < -0.39 is 5.97 Å². The summed E-state index contributed by atoms with van der Waals surface area (Å²) in [6.07, 6.45) is 1.92. The van der Waals surface area contributed by atoms with Crippen molar-refractivity contribution < 1.29 is 14.7 Å². The maximum absolute atomic E-state index is 12.0. The Hall–Kier alpha value is -1.11. The normalized spacial score (nSPS) is 22.7. The summed E-state index contributed by atoms with van der Waals surface area (Å²) in [5.41, 5.74) is 0.650. The molecule has 0 radical (unpaired) electrons. The fourth-order valence-electron chi connectivity index (χ4n) is 2.25. The third kappa shape index (κ3) is 3.01. The first-order valence-corrected chi connectivity index (χ1v) is 6.94. The van der Waals surface area contributed by atoms with Crippen molar-refractivity contribution in [3.63, 3.8) is 0 Å². The quantitative estimate of drug-likeness (QED) is 0.814. The second-order valence-corrected chi connectivity index (χ2v) is 5.66. The van der Waals surface area contributed by atoms with Crippen LogP contribution in [0.25, 0.3) is 0 Å². The first-order chi connectivity index (χ1) is 8.58. The van der Waals surface area contributed by atoms with E-state index in [4.69, 9.17) is 5.11 Å². The Labute approximate surface area is 119 Å². The number of amides is 1. The molecule has 0 aromatic heterocycles. The number of halogens is 1. The van der Waals surface area contributed by atoms with Crippen LogP contribution in [0.15, 0.2) is 24.3 Å². The Morgan fingerprint density at radius 2 is 2.00 bits per heavy atom. The van der Waals surface area contributed by atoms with Gasteiger partial charge in [0.2, 0.25) is 0 Å². The van der Waals surface area contributed by atoms with E-state index in [-0.39, 0.29) is 17.9 Å². The fraction of sp³-hybridized carbons (Fsp3) is 0.385. The Morgan fingerprint density at radius 1 is 1.28 bits per heavy atom. The molecule has 2 N–H and O–H groups in total. The molecule has 1 aromatic rings. The zero-order valence-corrected chi connectivity index (χ0v) is 11.9. The average Bonchev–Trinajstić information content (AvgIpc) is 2.78. The van der Waals surface area contributed by atoms with Gasteiger partial charge in [-0.25, -0.2) is 0 Å². The molecule has 2 atom stereocenters. The molecular formula is C13H14INO3. The molecule has 1 aliphatic carbocycles. The molecular weight excluding hydrogens is 345 g/mol. The number of aliphatic carboxylic acids is 1. The summed E-state index contributed by atoms with van der Waals surface area (Å²) in [6, 6.07) is 7.35. The Bertz CT molecular complexity index is 475. The lowest BCUT2D eigenvalue weighted by Gasteiger charge is -2.13. The van der Waals surface area contributed by atoms with Gasteiger partial charge in [-0.3, -0.25) is 9.59 Å². The summed E-state index contributed by atoms with van der Waals surface area (Å²) in [5, 5.41) is 11.8. The highest BCUT2D eigenvalue weighted by Gasteiger charge is 2.30. The Kier molecular flexibility index (Phi) is 4.21. The summed E-state index contributed by atoms with van der Waals surface area (Å²) >= 11 is 2.12. The van der Waals surface area contributed by atoms with Crippen LogP contribution in [0, 0.1) is 9.49 Å². The number of carbonyl (C=O) groups excluding carboxylic acids is 1. The minimum atomic E-state index is -0.763. The molecule has 2 rings (SSSR count). The van der Waals surface area contributed by atoms with Gasteiger partial charge in [0.25, 0.3) is 5.91 Å². The van der Waals surface area contributed by atoms with Crippen LogP contribution in [-0.2, 0) is 4.79 Å². The smallest absolute Gasteiger partial charge is 0.306 e. The molecule has 0 aliphatic heterocycles. The number of benzene rings is 1. The molecule has 1 aromatic carbocycles. The second kappa shape index (κ2) is 5.69. The van der Waals surface area contributed by atoms with Gasteiger partial charge in [0.15, 0.2) is 0 Å². The maximum atomic E-state index is 12.0. The highest BCUT2D eigenvalue weighted by molar-refractivity contribution is 14.1. The summed E-state index contributed by atoms with van der Waals surface area (Å²) < 4.78 is 0.903. The fourth-order valence-corrected chi connectivity index (χ4v) is 2.88. The first-order valence-electron chi connectivity index (χ1n) is 5.86. The van der Waals surface area contributed by atoms with Crippen molar-refractivity contribution in [2.75, 3.05) is 0 Å². The molecule has 1 aliphatic rings. The lowest BCUT2D eigenvalue weighted by Crippen LogP contribution is -2.33. The SMILES string of the molecule is O=C(N[C@@H]1CC[C@H](C(=O)O)C1)c1ccccc1I. The van der Waals surface area contributed by atoms with Crippen LogP contribution in [0.5, 0.6) is 0 Å². The summed E-state index contributed by atoms with van der Waals surface area (Å²) in [6.45, 7) is 0. The molecule has 0 heterocycles. The zero-order valence-electron chi connectivity index (χ0n) is 9.73. The third-order valence-electron chi connectivity index (χ3n) is 3.24. The lowest BCUT2D eigenvalue weighted by molar-refractivity contribution is -0.141. The van der Waals surface area contributed by atoms with Crippen LogP contribution >= 0.6 is 22.6 Å². The monoisotopic (exact) mass is 359 g/mol. The van der Waals surface area contributed by atoms with E-state index in [0.717, 1.165) is 9.99 Å². The van der Waals surface area contributed by atoms with Gasteiger partial charge in [-0.1, -0.05) is 12.1 Å². The van der Waals surface area contributed by atoms with Crippen LogP contribution < -0.4 is 5.32 Å². The molecule has 0 bridgehead atoms. The van der Waals surface area contributed by atoms with Gasteiger partial charge in [0, 0.05) is 9.61 Å². The van der Waals surface area contributed by atoms with E-state index in [9.17, 15) is 9.59 Å². The van der Waals surface area contributed by atoms with Crippen LogP contribution in [0.2, 0.25) is 0 Å². The van der Waals surface area contributed by atoms with Gasteiger partial charge >= 0.3 is 5.97 Å². The number of carbonyl (C=O) groups is 2. The van der Waals surface area contributed by atoms with Gasteiger partial charge in [-0.05, 0) is 54.0 Å². The molecule has 5 heteroatoms. The molecule has 0 unspecified atom stereocenters. The van der Waals surface area contributed by atoms with Crippen molar-refractivity contribution in [3.05, 3.63) is 33.4 Å². The molecule has 18 heavy (non-hydrogen) atoms. The number of carboxylic acid groups (broad SMARTS) is 1.